The summed E-state index contributed by atoms with van der Waals surface area (Å²) in [6.45, 7) is 4.47. The lowest BCUT2D eigenvalue weighted by Gasteiger charge is -2.32. The summed E-state index contributed by atoms with van der Waals surface area (Å²) in [5, 5.41) is 0.629. The molecule has 0 aliphatic carbocycles. The van der Waals surface area contributed by atoms with Gasteiger partial charge in [-0.25, -0.2) is 4.98 Å². The molecule has 2 saturated heterocycles. The quantitative estimate of drug-likeness (QED) is 0.835. The molecular weight excluding hydrogens is 292 g/mol. The van der Waals surface area contributed by atoms with Crippen molar-refractivity contribution in [2.24, 2.45) is 0 Å². The van der Waals surface area contributed by atoms with Gasteiger partial charge in [-0.05, 0) is 25.5 Å². The number of likely N-dealkylation sites (tertiary alicyclic amines) is 1. The Morgan fingerprint density at radius 2 is 2.19 bits per heavy atom. The third-order valence-electron chi connectivity index (χ3n) is 3.82. The molecule has 1 aromatic rings. The molecule has 2 aliphatic heterocycles. The lowest BCUT2D eigenvalue weighted by Crippen LogP contribution is -2.42. The Labute approximate surface area is 130 Å². The second kappa shape index (κ2) is 7.40. The van der Waals surface area contributed by atoms with Crippen LogP contribution in [0.2, 0.25) is 5.02 Å². The van der Waals surface area contributed by atoms with Crippen molar-refractivity contribution in [3.8, 4) is 5.88 Å². The first kappa shape index (κ1) is 15.0. The van der Waals surface area contributed by atoms with Crippen LogP contribution in [0.25, 0.3) is 0 Å². The molecule has 1 atom stereocenters. The zero-order chi connectivity index (χ0) is 14.5. The van der Waals surface area contributed by atoms with Gasteiger partial charge in [-0.15, -0.1) is 0 Å². The summed E-state index contributed by atoms with van der Waals surface area (Å²) >= 11 is 5.83. The fourth-order valence-electron chi connectivity index (χ4n) is 2.78. The van der Waals surface area contributed by atoms with Gasteiger partial charge in [0.15, 0.2) is 6.29 Å². The van der Waals surface area contributed by atoms with Crippen molar-refractivity contribution in [2.45, 2.75) is 31.7 Å². The van der Waals surface area contributed by atoms with E-state index >= 15 is 0 Å². The molecule has 5 nitrogen and oxygen atoms in total. The zero-order valence-corrected chi connectivity index (χ0v) is 12.8. The molecule has 0 radical (unpaired) electrons. The number of aromatic nitrogens is 1. The van der Waals surface area contributed by atoms with Gasteiger partial charge in [0.1, 0.15) is 6.10 Å². The highest BCUT2D eigenvalue weighted by molar-refractivity contribution is 6.30. The van der Waals surface area contributed by atoms with Gasteiger partial charge < -0.3 is 14.2 Å². The van der Waals surface area contributed by atoms with Crippen LogP contribution in [0.1, 0.15) is 19.3 Å². The van der Waals surface area contributed by atoms with Crippen LogP contribution in [0.15, 0.2) is 18.3 Å². The van der Waals surface area contributed by atoms with Crippen molar-refractivity contribution in [3.05, 3.63) is 23.4 Å². The Bertz CT molecular complexity index is 437. The highest BCUT2D eigenvalue weighted by Crippen LogP contribution is 2.19. The summed E-state index contributed by atoms with van der Waals surface area (Å²) in [4.78, 5) is 6.61. The van der Waals surface area contributed by atoms with Crippen molar-refractivity contribution in [1.82, 2.24) is 9.88 Å². The summed E-state index contributed by atoms with van der Waals surface area (Å²) in [5.41, 5.74) is 0. The van der Waals surface area contributed by atoms with Gasteiger partial charge in [0, 0.05) is 31.8 Å². The number of hydrogen-bond acceptors (Lipinski definition) is 5. The average Bonchev–Trinajstić information content (AvgIpc) is 3.01. The summed E-state index contributed by atoms with van der Waals surface area (Å²) in [6.07, 6.45) is 4.92. The van der Waals surface area contributed by atoms with Crippen molar-refractivity contribution in [3.63, 3.8) is 0 Å². The molecule has 2 aliphatic rings. The molecule has 0 bridgehead atoms. The van der Waals surface area contributed by atoms with E-state index in [2.05, 4.69) is 9.88 Å². The van der Waals surface area contributed by atoms with E-state index in [9.17, 15) is 0 Å². The van der Waals surface area contributed by atoms with Gasteiger partial charge in [0.2, 0.25) is 5.88 Å². The van der Waals surface area contributed by atoms with E-state index in [-0.39, 0.29) is 12.4 Å². The minimum absolute atomic E-state index is 0.0239. The first-order valence-electron chi connectivity index (χ1n) is 7.53. The second-order valence-corrected chi connectivity index (χ2v) is 5.89. The van der Waals surface area contributed by atoms with Gasteiger partial charge in [-0.3, -0.25) is 4.90 Å². The molecule has 116 valence electrons. The summed E-state index contributed by atoms with van der Waals surface area (Å²) in [6, 6.07) is 3.63. The number of nitrogens with zero attached hydrogens (tertiary/aromatic N) is 2. The molecule has 0 saturated carbocycles. The molecular formula is C15H21ClN2O3. The van der Waals surface area contributed by atoms with Gasteiger partial charge in [0.05, 0.1) is 18.2 Å². The predicted molar refractivity (Wildman–Crippen MR) is 79.6 cm³/mol. The number of pyridine rings is 1. The largest absolute Gasteiger partial charge is 0.473 e. The van der Waals surface area contributed by atoms with Crippen LogP contribution in [0.5, 0.6) is 5.88 Å². The molecule has 1 unspecified atom stereocenters. The van der Waals surface area contributed by atoms with E-state index in [1.807, 2.05) is 6.07 Å². The van der Waals surface area contributed by atoms with E-state index in [1.165, 1.54) is 0 Å². The Morgan fingerprint density at radius 3 is 2.95 bits per heavy atom. The van der Waals surface area contributed by atoms with E-state index in [0.29, 0.717) is 10.9 Å². The molecule has 3 rings (SSSR count). The van der Waals surface area contributed by atoms with E-state index in [4.69, 9.17) is 25.8 Å². The van der Waals surface area contributed by atoms with Crippen molar-refractivity contribution in [2.75, 3.05) is 32.8 Å². The smallest absolute Gasteiger partial charge is 0.213 e. The minimum Gasteiger partial charge on any atom is -0.473 e. The molecule has 2 fully saturated rings. The van der Waals surface area contributed by atoms with Gasteiger partial charge in [-0.1, -0.05) is 11.6 Å². The topological polar surface area (TPSA) is 43.8 Å². The maximum absolute atomic E-state index is 5.94. The minimum atomic E-state index is -0.0239. The summed E-state index contributed by atoms with van der Waals surface area (Å²) in [7, 11) is 0. The first-order valence-corrected chi connectivity index (χ1v) is 7.91. The van der Waals surface area contributed by atoms with Gasteiger partial charge >= 0.3 is 0 Å². The molecule has 6 heteroatoms. The number of rotatable bonds is 5. The monoisotopic (exact) mass is 312 g/mol. The SMILES string of the molecule is Clc1ccc(OC2CCCN(CCC3OCCO3)C2)nc1. The summed E-state index contributed by atoms with van der Waals surface area (Å²) < 4.78 is 16.9. The maximum atomic E-state index is 5.94. The highest BCUT2D eigenvalue weighted by Gasteiger charge is 2.23. The molecule has 0 N–H and O–H groups in total. The summed E-state index contributed by atoms with van der Waals surface area (Å²) in [5.74, 6) is 0.647. The van der Waals surface area contributed by atoms with Crippen LogP contribution in [-0.2, 0) is 9.47 Å². The van der Waals surface area contributed by atoms with Crippen LogP contribution in [-0.4, -0.2) is 55.1 Å². The maximum Gasteiger partial charge on any atom is 0.213 e. The number of halogens is 1. The fourth-order valence-corrected chi connectivity index (χ4v) is 2.89. The van der Waals surface area contributed by atoms with Crippen molar-refractivity contribution < 1.29 is 14.2 Å². The standard InChI is InChI=1S/C15H21ClN2O3/c16-12-3-4-14(17-10-12)21-13-2-1-6-18(11-13)7-5-15-19-8-9-20-15/h3-4,10,13,15H,1-2,5-9,11H2. The van der Waals surface area contributed by atoms with E-state index in [1.54, 1.807) is 12.3 Å². The Hall–Kier alpha value is -0.880. The van der Waals surface area contributed by atoms with Gasteiger partial charge in [0.25, 0.3) is 0 Å². The lowest BCUT2D eigenvalue weighted by atomic mass is 10.1. The lowest BCUT2D eigenvalue weighted by molar-refractivity contribution is -0.0543. The molecule has 1 aromatic heterocycles. The highest BCUT2D eigenvalue weighted by atomic mass is 35.5. The number of piperidine rings is 1. The molecule has 0 spiro atoms. The van der Waals surface area contributed by atoms with Crippen LogP contribution in [0, 0.1) is 0 Å². The Balaban J connectivity index is 1.45. The predicted octanol–water partition coefficient (Wildman–Crippen LogP) is 2.34. The molecule has 0 amide bonds. The normalized spacial score (nSPS) is 24.3. The average molecular weight is 313 g/mol. The number of ether oxygens (including phenoxy) is 3. The third kappa shape index (κ3) is 4.54. The second-order valence-electron chi connectivity index (χ2n) is 5.46. The van der Waals surface area contributed by atoms with E-state index in [0.717, 1.165) is 52.1 Å². The number of hydrogen-bond donors (Lipinski definition) is 0. The fraction of sp³-hybridized carbons (Fsp3) is 0.667. The molecule has 0 aromatic carbocycles. The van der Waals surface area contributed by atoms with Crippen LogP contribution >= 0.6 is 11.6 Å². The zero-order valence-electron chi connectivity index (χ0n) is 12.0. The van der Waals surface area contributed by atoms with E-state index < -0.39 is 0 Å². The molecule has 3 heterocycles. The van der Waals surface area contributed by atoms with Crippen LogP contribution < -0.4 is 4.74 Å². The first-order chi connectivity index (χ1) is 10.3. The Kier molecular flexibility index (Phi) is 5.30. The van der Waals surface area contributed by atoms with Gasteiger partial charge in [-0.2, -0.15) is 0 Å². The van der Waals surface area contributed by atoms with Crippen molar-refractivity contribution >= 4 is 11.6 Å². The van der Waals surface area contributed by atoms with Crippen molar-refractivity contribution in [1.29, 1.82) is 0 Å². The molecule has 21 heavy (non-hydrogen) atoms. The van der Waals surface area contributed by atoms with Crippen LogP contribution in [0.4, 0.5) is 0 Å². The Morgan fingerprint density at radius 1 is 1.33 bits per heavy atom. The third-order valence-corrected chi connectivity index (χ3v) is 4.05. The van der Waals surface area contributed by atoms with Crippen LogP contribution in [0.3, 0.4) is 0 Å².